The van der Waals surface area contributed by atoms with E-state index in [-0.39, 0.29) is 5.91 Å². The Kier molecular flexibility index (Phi) is 2.80. The van der Waals surface area contributed by atoms with Crippen LogP contribution < -0.4 is 0 Å². The van der Waals surface area contributed by atoms with Gasteiger partial charge in [0.15, 0.2) is 0 Å². The number of halogens is 1. The standard InChI is InChI=1S/C12H14BrNO2/c1-8-3-4-9(5-10(8)13)11(15)14-6-12(2,16)7-14/h3-5,16H,6-7H2,1-2H3. The summed E-state index contributed by atoms with van der Waals surface area (Å²) < 4.78 is 0.936. The van der Waals surface area contributed by atoms with E-state index >= 15 is 0 Å². The monoisotopic (exact) mass is 283 g/mol. The number of carbonyl (C=O) groups is 1. The molecule has 3 nitrogen and oxygen atoms in total. The molecule has 0 spiro atoms. The van der Waals surface area contributed by atoms with Crippen LogP contribution in [0.3, 0.4) is 0 Å². The van der Waals surface area contributed by atoms with Crippen molar-refractivity contribution in [2.75, 3.05) is 13.1 Å². The number of carbonyl (C=O) groups excluding carboxylic acids is 1. The number of nitrogens with zero attached hydrogens (tertiary/aromatic N) is 1. The lowest BCUT2D eigenvalue weighted by Crippen LogP contribution is -2.61. The minimum Gasteiger partial charge on any atom is -0.386 e. The van der Waals surface area contributed by atoms with Crippen LogP contribution in [0, 0.1) is 6.92 Å². The number of amides is 1. The fraction of sp³-hybridized carbons (Fsp3) is 0.417. The smallest absolute Gasteiger partial charge is 0.254 e. The summed E-state index contributed by atoms with van der Waals surface area (Å²) in [4.78, 5) is 13.6. The van der Waals surface area contributed by atoms with Crippen LogP contribution in [0.2, 0.25) is 0 Å². The van der Waals surface area contributed by atoms with Gasteiger partial charge >= 0.3 is 0 Å². The predicted molar refractivity (Wildman–Crippen MR) is 65.4 cm³/mol. The van der Waals surface area contributed by atoms with Gasteiger partial charge in [-0.1, -0.05) is 22.0 Å². The van der Waals surface area contributed by atoms with E-state index in [0.29, 0.717) is 18.7 Å². The number of likely N-dealkylation sites (tertiary alicyclic amines) is 1. The average molecular weight is 284 g/mol. The molecule has 0 aliphatic carbocycles. The van der Waals surface area contributed by atoms with Gasteiger partial charge in [-0.2, -0.15) is 0 Å². The minimum atomic E-state index is -0.711. The highest BCUT2D eigenvalue weighted by molar-refractivity contribution is 9.10. The number of aryl methyl sites for hydroxylation is 1. The van der Waals surface area contributed by atoms with E-state index in [1.807, 2.05) is 25.1 Å². The average Bonchev–Trinajstić information content (AvgIpc) is 2.17. The molecule has 0 unspecified atom stereocenters. The van der Waals surface area contributed by atoms with Crippen LogP contribution in [0.4, 0.5) is 0 Å². The normalized spacial score (nSPS) is 18.1. The summed E-state index contributed by atoms with van der Waals surface area (Å²) >= 11 is 3.41. The molecule has 0 atom stereocenters. The predicted octanol–water partition coefficient (Wildman–Crippen LogP) is 1.96. The highest BCUT2D eigenvalue weighted by Crippen LogP contribution is 2.24. The van der Waals surface area contributed by atoms with Crippen molar-refractivity contribution in [3.8, 4) is 0 Å². The lowest BCUT2D eigenvalue weighted by Gasteiger charge is -2.44. The van der Waals surface area contributed by atoms with Gasteiger partial charge in [-0.05, 0) is 31.5 Å². The molecule has 1 fully saturated rings. The van der Waals surface area contributed by atoms with E-state index in [1.54, 1.807) is 11.8 Å². The highest BCUT2D eigenvalue weighted by Gasteiger charge is 2.39. The maximum Gasteiger partial charge on any atom is 0.254 e. The summed E-state index contributed by atoms with van der Waals surface area (Å²) in [5, 5.41) is 9.57. The Hall–Kier alpha value is -0.870. The SMILES string of the molecule is Cc1ccc(C(=O)N2CC(C)(O)C2)cc1Br. The molecule has 0 bridgehead atoms. The third kappa shape index (κ3) is 2.13. The summed E-state index contributed by atoms with van der Waals surface area (Å²) in [6, 6.07) is 5.55. The molecule has 1 aliphatic rings. The molecular formula is C12H14BrNO2. The van der Waals surface area contributed by atoms with Gasteiger partial charge in [0.2, 0.25) is 0 Å². The molecular weight excluding hydrogens is 270 g/mol. The van der Waals surface area contributed by atoms with E-state index in [4.69, 9.17) is 0 Å². The molecule has 0 radical (unpaired) electrons. The lowest BCUT2D eigenvalue weighted by atomic mass is 9.96. The van der Waals surface area contributed by atoms with Crippen LogP contribution in [-0.4, -0.2) is 34.6 Å². The molecule has 1 saturated heterocycles. The van der Waals surface area contributed by atoms with Crippen LogP contribution in [0.15, 0.2) is 22.7 Å². The van der Waals surface area contributed by atoms with Crippen molar-refractivity contribution in [2.45, 2.75) is 19.4 Å². The number of hydrogen-bond acceptors (Lipinski definition) is 2. The molecule has 4 heteroatoms. The quantitative estimate of drug-likeness (QED) is 0.856. The first-order chi connectivity index (χ1) is 7.39. The molecule has 1 amide bonds. The Bertz CT molecular complexity index is 435. The summed E-state index contributed by atoms with van der Waals surface area (Å²) in [5.74, 6) is -0.0211. The van der Waals surface area contributed by atoms with Gasteiger partial charge in [0.05, 0.1) is 18.7 Å². The van der Waals surface area contributed by atoms with Crippen LogP contribution >= 0.6 is 15.9 Å². The molecule has 0 saturated carbocycles. The number of hydrogen-bond donors (Lipinski definition) is 1. The van der Waals surface area contributed by atoms with Gasteiger partial charge in [0, 0.05) is 10.0 Å². The second-order valence-corrected chi connectivity index (χ2v) is 5.48. The second-order valence-electron chi connectivity index (χ2n) is 4.62. The zero-order valence-corrected chi connectivity index (χ0v) is 10.9. The Morgan fingerprint density at radius 2 is 2.12 bits per heavy atom. The molecule has 1 aromatic carbocycles. The Labute approximate surface area is 103 Å². The van der Waals surface area contributed by atoms with Crippen LogP contribution in [0.25, 0.3) is 0 Å². The Balaban J connectivity index is 2.13. The van der Waals surface area contributed by atoms with Gasteiger partial charge in [0.1, 0.15) is 0 Å². The third-order valence-electron chi connectivity index (χ3n) is 2.77. The van der Waals surface area contributed by atoms with Crippen molar-refractivity contribution in [1.82, 2.24) is 4.90 Å². The van der Waals surface area contributed by atoms with Gasteiger partial charge in [-0.25, -0.2) is 0 Å². The Morgan fingerprint density at radius 3 is 2.62 bits per heavy atom. The van der Waals surface area contributed by atoms with E-state index in [0.717, 1.165) is 10.0 Å². The molecule has 86 valence electrons. The molecule has 0 aromatic heterocycles. The molecule has 1 heterocycles. The van der Waals surface area contributed by atoms with Crippen molar-refractivity contribution in [2.24, 2.45) is 0 Å². The highest BCUT2D eigenvalue weighted by atomic mass is 79.9. The number of β-amino-alcohol motifs (C(OH)–C–C–N with tert-alkyl or cyclic N) is 1. The van der Waals surface area contributed by atoms with Gasteiger partial charge in [-0.3, -0.25) is 4.79 Å². The topological polar surface area (TPSA) is 40.5 Å². The van der Waals surface area contributed by atoms with Crippen LogP contribution in [0.1, 0.15) is 22.8 Å². The minimum absolute atomic E-state index is 0.0211. The molecule has 2 rings (SSSR count). The Morgan fingerprint density at radius 1 is 1.50 bits per heavy atom. The molecule has 16 heavy (non-hydrogen) atoms. The van der Waals surface area contributed by atoms with E-state index in [9.17, 15) is 9.90 Å². The fourth-order valence-corrected chi connectivity index (χ4v) is 2.21. The lowest BCUT2D eigenvalue weighted by molar-refractivity contribution is -0.0668. The van der Waals surface area contributed by atoms with E-state index in [2.05, 4.69) is 15.9 Å². The number of aliphatic hydroxyl groups is 1. The zero-order chi connectivity index (χ0) is 11.9. The zero-order valence-electron chi connectivity index (χ0n) is 9.33. The number of rotatable bonds is 1. The van der Waals surface area contributed by atoms with E-state index < -0.39 is 5.60 Å². The van der Waals surface area contributed by atoms with E-state index in [1.165, 1.54) is 0 Å². The van der Waals surface area contributed by atoms with Gasteiger partial charge in [-0.15, -0.1) is 0 Å². The van der Waals surface area contributed by atoms with Crippen LogP contribution in [-0.2, 0) is 0 Å². The largest absolute Gasteiger partial charge is 0.386 e. The first-order valence-corrected chi connectivity index (χ1v) is 5.96. The first kappa shape index (κ1) is 11.6. The van der Waals surface area contributed by atoms with Crippen molar-refractivity contribution < 1.29 is 9.90 Å². The summed E-state index contributed by atoms with van der Waals surface area (Å²) in [6.07, 6.45) is 0. The molecule has 1 aliphatic heterocycles. The number of benzene rings is 1. The summed E-state index contributed by atoms with van der Waals surface area (Å²) in [7, 11) is 0. The second kappa shape index (κ2) is 3.86. The first-order valence-electron chi connectivity index (χ1n) is 5.17. The van der Waals surface area contributed by atoms with Gasteiger partial charge < -0.3 is 10.0 Å². The molecule has 1 N–H and O–H groups in total. The summed E-state index contributed by atoms with van der Waals surface area (Å²) in [6.45, 7) is 4.54. The molecule has 1 aromatic rings. The van der Waals surface area contributed by atoms with Crippen molar-refractivity contribution >= 4 is 21.8 Å². The van der Waals surface area contributed by atoms with Crippen molar-refractivity contribution in [3.63, 3.8) is 0 Å². The maximum absolute atomic E-state index is 12.0. The van der Waals surface area contributed by atoms with Gasteiger partial charge in [0.25, 0.3) is 5.91 Å². The fourth-order valence-electron chi connectivity index (χ4n) is 1.83. The third-order valence-corrected chi connectivity index (χ3v) is 3.62. The van der Waals surface area contributed by atoms with Crippen molar-refractivity contribution in [1.29, 1.82) is 0 Å². The van der Waals surface area contributed by atoms with Crippen molar-refractivity contribution in [3.05, 3.63) is 33.8 Å². The maximum atomic E-state index is 12.0. The van der Waals surface area contributed by atoms with Crippen LogP contribution in [0.5, 0.6) is 0 Å². The summed E-state index contributed by atoms with van der Waals surface area (Å²) in [5.41, 5.74) is 1.05.